The number of benzene rings is 2. The first-order valence-electron chi connectivity index (χ1n) is 17.0. The lowest BCUT2D eigenvalue weighted by atomic mass is 9.93. The molecule has 0 bridgehead atoms. The van der Waals surface area contributed by atoms with E-state index in [-0.39, 0.29) is 25.5 Å². The molecule has 2 aromatic carbocycles. The van der Waals surface area contributed by atoms with Crippen LogP contribution in [0, 0.1) is 5.92 Å². The van der Waals surface area contributed by atoms with Gasteiger partial charge >= 0.3 is 12.1 Å². The van der Waals surface area contributed by atoms with Gasteiger partial charge in [-0.3, -0.25) is 9.78 Å². The van der Waals surface area contributed by atoms with Gasteiger partial charge in [0.2, 0.25) is 5.91 Å². The monoisotopic (exact) mass is 752 g/mol. The van der Waals surface area contributed by atoms with E-state index in [1.54, 1.807) is 24.1 Å². The van der Waals surface area contributed by atoms with Crippen molar-refractivity contribution in [3.05, 3.63) is 104 Å². The first-order chi connectivity index (χ1) is 24.8. The fourth-order valence-corrected chi connectivity index (χ4v) is 6.79. The highest BCUT2D eigenvalue weighted by Crippen LogP contribution is 2.24. The number of alkyl carbamates (subject to hydrolysis) is 1. The number of rotatable bonds is 18. The summed E-state index contributed by atoms with van der Waals surface area (Å²) >= 11 is 2.55. The molecular formula is C37H48N6O7S2. The Morgan fingerprint density at radius 3 is 2.21 bits per heavy atom. The number of aromatic nitrogens is 2. The summed E-state index contributed by atoms with van der Waals surface area (Å²) in [6, 6.07) is 16.3. The zero-order chi connectivity index (χ0) is 37.7. The number of carbonyl (C=O) groups is 3. The van der Waals surface area contributed by atoms with Crippen molar-refractivity contribution < 1.29 is 34.4 Å². The highest BCUT2D eigenvalue weighted by atomic mass is 32.1. The molecule has 0 aliphatic rings. The topological polar surface area (TPSA) is 186 Å². The molecule has 0 spiro atoms. The van der Waals surface area contributed by atoms with Gasteiger partial charge in [0.1, 0.15) is 23.3 Å². The molecule has 6 N–H and O–H groups in total. The predicted octanol–water partition coefficient (Wildman–Crippen LogP) is 3.98. The minimum atomic E-state index is -1.49. The van der Waals surface area contributed by atoms with Crippen LogP contribution < -0.4 is 16.0 Å². The third kappa shape index (κ3) is 12.4. The van der Waals surface area contributed by atoms with Crippen molar-refractivity contribution in [3.8, 4) is 0 Å². The molecule has 4 aromatic rings. The Bertz CT molecular complexity index is 1690. The van der Waals surface area contributed by atoms with Gasteiger partial charge in [0.25, 0.3) is 0 Å². The van der Waals surface area contributed by atoms with Crippen LogP contribution >= 0.6 is 22.7 Å². The summed E-state index contributed by atoms with van der Waals surface area (Å²) in [7, 11) is 1.57. The Kier molecular flexibility index (Phi) is 15.1. The van der Waals surface area contributed by atoms with Gasteiger partial charge in [-0.05, 0) is 43.2 Å². The third-order valence-electron chi connectivity index (χ3n) is 8.39. The standard InChI is InChI=1S/C37H48N6O7S2/c1-24(2)32(42-35(47)43(4)19-28-21-51-34(40-28)37(3,49)22-44)33(46)39-27(15-25-11-7-5-8-12-25)17-31(45)30(16-26-13-9-6-10-14-26)41-36(48)50-20-29-18-38-23-52-29/h5-14,18,21,23-24,27,30-32,44-45,49H,15-17,19-20,22H2,1-4H3,(H,39,46)(H,41,48)(H,42,47)/t27-,30-,31-,32-,37?/m0/s1. The van der Waals surface area contributed by atoms with Gasteiger partial charge in [0, 0.05) is 24.7 Å². The molecule has 4 amide bonds. The van der Waals surface area contributed by atoms with E-state index in [1.807, 2.05) is 74.5 Å². The highest BCUT2D eigenvalue weighted by molar-refractivity contribution is 7.10. The molecule has 0 saturated carbocycles. The zero-order valence-electron chi connectivity index (χ0n) is 29.8. The molecule has 5 atom stereocenters. The predicted molar refractivity (Wildman–Crippen MR) is 199 cm³/mol. The van der Waals surface area contributed by atoms with E-state index in [1.165, 1.54) is 34.5 Å². The largest absolute Gasteiger partial charge is 0.444 e. The normalized spacial score (nSPS) is 14.8. The zero-order valence-corrected chi connectivity index (χ0v) is 31.4. The molecule has 0 radical (unpaired) electrons. The van der Waals surface area contributed by atoms with E-state index in [0.717, 1.165) is 16.0 Å². The van der Waals surface area contributed by atoms with Crippen LogP contribution in [-0.2, 0) is 41.1 Å². The number of aliphatic hydroxyl groups excluding tert-OH is 2. The average molecular weight is 753 g/mol. The number of hydrogen-bond acceptors (Lipinski definition) is 11. The van der Waals surface area contributed by atoms with Crippen LogP contribution in [0.15, 0.2) is 77.8 Å². The smallest absolute Gasteiger partial charge is 0.407 e. The third-order valence-corrected chi connectivity index (χ3v) is 10.3. The molecule has 0 fully saturated rings. The van der Waals surface area contributed by atoms with Gasteiger partial charge in [-0.2, -0.15) is 0 Å². The van der Waals surface area contributed by atoms with E-state index in [4.69, 9.17) is 4.74 Å². The van der Waals surface area contributed by atoms with Crippen molar-refractivity contribution in [2.75, 3.05) is 13.7 Å². The second-order valence-electron chi connectivity index (χ2n) is 13.3. The molecular weight excluding hydrogens is 705 g/mol. The Balaban J connectivity index is 1.46. The second kappa shape index (κ2) is 19.4. The minimum absolute atomic E-state index is 0.0471. The van der Waals surface area contributed by atoms with E-state index in [9.17, 15) is 29.7 Å². The lowest BCUT2D eigenvalue weighted by Gasteiger charge is -2.30. The number of aliphatic hydroxyl groups is 3. The summed E-state index contributed by atoms with van der Waals surface area (Å²) in [5.74, 6) is -0.706. The number of carbonyl (C=O) groups excluding carboxylic acids is 3. The molecule has 15 heteroatoms. The number of urea groups is 1. The SMILES string of the molecule is CC(C)[C@H](NC(=O)N(C)Cc1csc(C(C)(O)CO)n1)C(=O)N[C@@H](Cc1ccccc1)C[C@H](O)[C@H](Cc1ccccc1)NC(=O)OCc1cncs1. The molecule has 2 heterocycles. The van der Waals surface area contributed by atoms with E-state index in [2.05, 4.69) is 25.9 Å². The van der Waals surface area contributed by atoms with Crippen molar-refractivity contribution in [1.82, 2.24) is 30.8 Å². The molecule has 0 aliphatic heterocycles. The van der Waals surface area contributed by atoms with Gasteiger partial charge in [-0.25, -0.2) is 14.6 Å². The van der Waals surface area contributed by atoms with Crippen LogP contribution in [0.25, 0.3) is 0 Å². The molecule has 4 rings (SSSR count). The maximum atomic E-state index is 13.9. The molecule has 2 aromatic heterocycles. The maximum Gasteiger partial charge on any atom is 0.407 e. The van der Waals surface area contributed by atoms with E-state index in [0.29, 0.717) is 23.5 Å². The quantitative estimate of drug-likeness (QED) is 0.0875. The summed E-state index contributed by atoms with van der Waals surface area (Å²) in [6.45, 7) is 4.78. The number of nitrogens with zero attached hydrogens (tertiary/aromatic N) is 3. The average Bonchev–Trinajstić information content (AvgIpc) is 3.83. The van der Waals surface area contributed by atoms with Gasteiger partial charge < -0.3 is 40.9 Å². The highest BCUT2D eigenvalue weighted by Gasteiger charge is 2.31. The summed E-state index contributed by atoms with van der Waals surface area (Å²) < 4.78 is 5.41. The van der Waals surface area contributed by atoms with Crippen molar-refractivity contribution in [1.29, 1.82) is 0 Å². The van der Waals surface area contributed by atoms with Crippen molar-refractivity contribution >= 4 is 40.7 Å². The van der Waals surface area contributed by atoms with E-state index < -0.39 is 54.5 Å². The summed E-state index contributed by atoms with van der Waals surface area (Å²) in [5, 5.41) is 42.2. The number of thiazole rings is 2. The number of nitrogens with one attached hydrogen (secondary N) is 3. The fourth-order valence-electron chi connectivity index (χ4n) is 5.42. The van der Waals surface area contributed by atoms with Gasteiger partial charge in [-0.1, -0.05) is 74.5 Å². The molecule has 280 valence electrons. The van der Waals surface area contributed by atoms with Crippen LogP contribution in [0.2, 0.25) is 0 Å². The van der Waals surface area contributed by atoms with Gasteiger partial charge in [-0.15, -0.1) is 22.7 Å². The van der Waals surface area contributed by atoms with Crippen LogP contribution in [0.1, 0.15) is 53.9 Å². The Hall–Kier alpha value is -4.41. The number of amides is 4. The lowest BCUT2D eigenvalue weighted by molar-refractivity contribution is -0.124. The van der Waals surface area contributed by atoms with Gasteiger partial charge in [0.05, 0.1) is 41.4 Å². The first kappa shape index (κ1) is 40.4. The van der Waals surface area contributed by atoms with Gasteiger partial charge in [0.15, 0.2) is 0 Å². The molecule has 13 nitrogen and oxygen atoms in total. The van der Waals surface area contributed by atoms with Crippen LogP contribution in [-0.4, -0.2) is 86.1 Å². The van der Waals surface area contributed by atoms with Crippen LogP contribution in [0.4, 0.5) is 9.59 Å². The molecule has 1 unspecified atom stereocenters. The Morgan fingerprint density at radius 1 is 0.962 bits per heavy atom. The summed E-state index contributed by atoms with van der Waals surface area (Å²) in [4.78, 5) is 50.6. The summed E-state index contributed by atoms with van der Waals surface area (Å²) in [5.41, 5.74) is 2.53. The van der Waals surface area contributed by atoms with E-state index >= 15 is 0 Å². The maximum absolute atomic E-state index is 13.9. The van der Waals surface area contributed by atoms with Crippen LogP contribution in [0.5, 0.6) is 0 Å². The molecule has 0 saturated heterocycles. The number of ether oxygens (including phenoxy) is 1. The minimum Gasteiger partial charge on any atom is -0.444 e. The van der Waals surface area contributed by atoms with Crippen molar-refractivity contribution in [3.63, 3.8) is 0 Å². The lowest BCUT2D eigenvalue weighted by Crippen LogP contribution is -2.55. The van der Waals surface area contributed by atoms with Crippen molar-refractivity contribution in [2.45, 2.75) is 83.0 Å². The molecule has 0 aliphatic carbocycles. The van der Waals surface area contributed by atoms with Crippen molar-refractivity contribution in [2.24, 2.45) is 5.92 Å². The number of hydrogen-bond donors (Lipinski definition) is 6. The summed E-state index contributed by atoms with van der Waals surface area (Å²) in [6.07, 6.45) is 0.654. The first-order valence-corrected chi connectivity index (χ1v) is 18.8. The second-order valence-corrected chi connectivity index (χ2v) is 15.1. The van der Waals surface area contributed by atoms with Crippen LogP contribution in [0.3, 0.4) is 0 Å². The fraction of sp³-hybridized carbons (Fsp3) is 0.432. The molecule has 52 heavy (non-hydrogen) atoms. The Morgan fingerprint density at radius 2 is 1.62 bits per heavy atom. The Labute approximate surface area is 312 Å².